The topological polar surface area (TPSA) is 123 Å². The first-order valence-corrected chi connectivity index (χ1v) is 14.4. The molecule has 2 aromatic carbocycles. The molecule has 2 aromatic rings. The van der Waals surface area contributed by atoms with Gasteiger partial charge in [-0.3, -0.25) is 23.7 Å². The van der Waals surface area contributed by atoms with Crippen LogP contribution >= 0.6 is 0 Å². The first-order chi connectivity index (χ1) is 17.6. The fourth-order valence-corrected chi connectivity index (χ4v) is 4.78. The van der Waals surface area contributed by atoms with E-state index in [4.69, 9.17) is 0 Å². The molecule has 0 atom stereocenters. The highest BCUT2D eigenvalue weighted by Gasteiger charge is 2.36. The lowest BCUT2D eigenvalue weighted by Gasteiger charge is -2.30. The molecule has 0 aliphatic carbocycles. The summed E-state index contributed by atoms with van der Waals surface area (Å²) in [6, 6.07) is 10.2. The highest BCUT2D eigenvalue weighted by atomic mass is 32.2. The summed E-state index contributed by atoms with van der Waals surface area (Å²) in [5.74, 6) is -1.19. The van der Waals surface area contributed by atoms with Gasteiger partial charge in [0.05, 0.1) is 4.90 Å². The minimum absolute atomic E-state index is 0.00763. The molecule has 0 saturated carbocycles. The van der Waals surface area contributed by atoms with E-state index < -0.39 is 37.0 Å². The molecule has 212 valence electrons. The third kappa shape index (κ3) is 7.79. The maximum atomic E-state index is 13.6. The predicted molar refractivity (Wildman–Crippen MR) is 151 cm³/mol. The number of hydrogen-bond donors (Lipinski definition) is 1. The fourth-order valence-electron chi connectivity index (χ4n) is 4.22. The smallest absolute Gasteiger partial charge is 0.294 e. The molecule has 0 fully saturated rings. The molecule has 2 rings (SSSR count). The summed E-state index contributed by atoms with van der Waals surface area (Å²) in [4.78, 5) is 51.8. The number of ketones is 4. The number of benzene rings is 2. The van der Waals surface area contributed by atoms with Crippen molar-refractivity contribution in [3.05, 3.63) is 64.7 Å². The van der Waals surface area contributed by atoms with Crippen molar-refractivity contribution in [2.24, 2.45) is 22.2 Å². The van der Waals surface area contributed by atoms with Gasteiger partial charge >= 0.3 is 0 Å². The second kappa shape index (κ2) is 11.3. The van der Waals surface area contributed by atoms with Gasteiger partial charge in [-0.05, 0) is 37.1 Å². The number of hydrogen-bond acceptors (Lipinski definition) is 6. The van der Waals surface area contributed by atoms with E-state index in [-0.39, 0.29) is 40.8 Å². The molecule has 39 heavy (non-hydrogen) atoms. The van der Waals surface area contributed by atoms with Gasteiger partial charge < -0.3 is 0 Å². The van der Waals surface area contributed by atoms with Crippen molar-refractivity contribution in [2.45, 2.75) is 80.1 Å². The molecular formula is C31H40O7S. The number of rotatable bonds is 11. The minimum Gasteiger partial charge on any atom is -0.294 e. The third-order valence-electron chi connectivity index (χ3n) is 6.95. The fraction of sp³-hybridized carbons (Fsp3) is 0.484. The Hall–Kier alpha value is -2.97. The average molecular weight is 557 g/mol. The molecule has 0 bridgehead atoms. The maximum Gasteiger partial charge on any atom is 0.294 e. The lowest BCUT2D eigenvalue weighted by atomic mass is 9.72. The van der Waals surface area contributed by atoms with Crippen molar-refractivity contribution in [1.29, 1.82) is 0 Å². The second-order valence-electron chi connectivity index (χ2n) is 12.8. The van der Waals surface area contributed by atoms with Crippen molar-refractivity contribution in [2.75, 3.05) is 0 Å². The van der Waals surface area contributed by atoms with E-state index >= 15 is 0 Å². The summed E-state index contributed by atoms with van der Waals surface area (Å²) < 4.78 is 33.5. The van der Waals surface area contributed by atoms with Gasteiger partial charge in [-0.25, -0.2) is 0 Å². The lowest BCUT2D eigenvalue weighted by Crippen LogP contribution is -2.31. The summed E-state index contributed by atoms with van der Waals surface area (Å²) in [6.45, 7) is 15.6. The molecule has 0 unspecified atom stereocenters. The Bertz CT molecular complexity index is 1400. The van der Waals surface area contributed by atoms with Gasteiger partial charge in [0.25, 0.3) is 10.1 Å². The van der Waals surface area contributed by atoms with Crippen LogP contribution in [0.3, 0.4) is 0 Å². The maximum absolute atomic E-state index is 13.6. The van der Waals surface area contributed by atoms with Crippen LogP contribution in [-0.4, -0.2) is 36.1 Å². The SMILES string of the molecule is CC(C)C(=O)c1cccc(C(=O)C(C)(C)CCC(C)(C)C(=O)c2cc(C(=O)C(C)(C)C)cc(S(=O)(=O)O)c2)c1. The van der Waals surface area contributed by atoms with Crippen LogP contribution < -0.4 is 0 Å². The van der Waals surface area contributed by atoms with Gasteiger partial charge in [0, 0.05) is 44.4 Å². The number of Topliss-reactive ketones (excluding diaryl/α,β-unsaturated/α-hetero) is 4. The largest absolute Gasteiger partial charge is 0.294 e. The molecule has 0 aromatic heterocycles. The minimum atomic E-state index is -4.67. The Balaban J connectivity index is 2.36. The molecule has 0 aliphatic rings. The van der Waals surface area contributed by atoms with Crippen LogP contribution in [0.4, 0.5) is 0 Å². The quantitative estimate of drug-likeness (QED) is 0.236. The monoisotopic (exact) mass is 556 g/mol. The average Bonchev–Trinajstić information content (AvgIpc) is 2.84. The highest BCUT2D eigenvalue weighted by Crippen LogP contribution is 2.36. The van der Waals surface area contributed by atoms with Crippen LogP contribution in [0.2, 0.25) is 0 Å². The third-order valence-corrected chi connectivity index (χ3v) is 7.78. The Labute approximate surface area is 232 Å². The standard InChI is InChI=1S/C31H40O7S/c1-19(2)25(32)20-11-10-12-21(15-20)27(34)30(6,7)13-14-31(8,9)28(35)23-16-22(26(33)29(3,4)5)17-24(18-23)39(36,37)38/h10-12,15-19H,13-14H2,1-9H3,(H,36,37,38). The van der Waals surface area contributed by atoms with Gasteiger partial charge in [0.15, 0.2) is 23.1 Å². The van der Waals surface area contributed by atoms with Crippen molar-refractivity contribution in [3.63, 3.8) is 0 Å². The molecule has 0 radical (unpaired) electrons. The van der Waals surface area contributed by atoms with Crippen molar-refractivity contribution >= 4 is 33.3 Å². The normalized spacial score (nSPS) is 12.9. The molecule has 0 heterocycles. The Morgan fingerprint density at radius 3 is 1.54 bits per heavy atom. The number of carbonyl (C=O) groups excluding carboxylic acids is 4. The van der Waals surface area contributed by atoms with Crippen molar-refractivity contribution in [1.82, 2.24) is 0 Å². The summed E-state index contributed by atoms with van der Waals surface area (Å²) in [5.41, 5.74) is -1.82. The summed E-state index contributed by atoms with van der Waals surface area (Å²) in [5, 5.41) is 0. The summed E-state index contributed by atoms with van der Waals surface area (Å²) in [6.07, 6.45) is 0.618. The molecule has 7 nitrogen and oxygen atoms in total. The lowest BCUT2D eigenvalue weighted by molar-refractivity contribution is 0.0741. The van der Waals surface area contributed by atoms with Crippen LogP contribution in [0, 0.1) is 22.2 Å². The van der Waals surface area contributed by atoms with E-state index in [1.165, 1.54) is 6.07 Å². The number of carbonyl (C=O) groups is 4. The van der Waals surface area contributed by atoms with E-state index in [9.17, 15) is 32.1 Å². The van der Waals surface area contributed by atoms with E-state index in [0.717, 1.165) is 12.1 Å². The summed E-state index contributed by atoms with van der Waals surface area (Å²) in [7, 11) is -4.67. The van der Waals surface area contributed by atoms with Crippen LogP contribution in [0.25, 0.3) is 0 Å². The van der Waals surface area contributed by atoms with Gasteiger partial charge in [-0.1, -0.05) is 80.5 Å². The molecule has 0 aliphatic heterocycles. The Morgan fingerprint density at radius 2 is 1.10 bits per heavy atom. The zero-order chi connectivity index (χ0) is 30.1. The van der Waals surface area contributed by atoms with Gasteiger partial charge in [0.1, 0.15) is 0 Å². The molecule has 0 spiro atoms. The molecular weight excluding hydrogens is 516 g/mol. The Kier molecular flexibility index (Phi) is 9.31. The van der Waals surface area contributed by atoms with Gasteiger partial charge in [-0.2, -0.15) is 8.42 Å². The van der Waals surface area contributed by atoms with Crippen LogP contribution in [0.5, 0.6) is 0 Å². The van der Waals surface area contributed by atoms with Crippen LogP contribution in [0.1, 0.15) is 117 Å². The summed E-state index contributed by atoms with van der Waals surface area (Å²) >= 11 is 0. The van der Waals surface area contributed by atoms with Crippen molar-refractivity contribution < 1.29 is 32.1 Å². The first kappa shape index (κ1) is 32.2. The van der Waals surface area contributed by atoms with E-state index in [0.29, 0.717) is 17.5 Å². The first-order valence-electron chi connectivity index (χ1n) is 13.0. The molecule has 8 heteroatoms. The zero-order valence-electron chi connectivity index (χ0n) is 24.3. The van der Waals surface area contributed by atoms with Crippen LogP contribution in [0.15, 0.2) is 47.4 Å². The van der Waals surface area contributed by atoms with E-state index in [2.05, 4.69) is 0 Å². The molecule has 0 saturated heterocycles. The highest BCUT2D eigenvalue weighted by molar-refractivity contribution is 7.85. The van der Waals surface area contributed by atoms with Gasteiger partial charge in [0.2, 0.25) is 0 Å². The van der Waals surface area contributed by atoms with Gasteiger partial charge in [-0.15, -0.1) is 0 Å². The van der Waals surface area contributed by atoms with E-state index in [1.807, 2.05) is 0 Å². The zero-order valence-corrected chi connectivity index (χ0v) is 25.2. The Morgan fingerprint density at radius 1 is 0.692 bits per heavy atom. The van der Waals surface area contributed by atoms with Crippen molar-refractivity contribution in [3.8, 4) is 0 Å². The van der Waals surface area contributed by atoms with Crippen LogP contribution in [-0.2, 0) is 10.1 Å². The molecule has 1 N–H and O–H groups in total. The predicted octanol–water partition coefficient (Wildman–Crippen LogP) is 6.90. The molecule has 0 amide bonds. The van der Waals surface area contributed by atoms with E-state index in [1.54, 1.807) is 86.6 Å². The second-order valence-corrected chi connectivity index (χ2v) is 14.2.